The van der Waals surface area contributed by atoms with Crippen LogP contribution in [-0.4, -0.2) is 27.9 Å². The van der Waals surface area contributed by atoms with Crippen molar-refractivity contribution in [2.45, 2.75) is 22.0 Å². The van der Waals surface area contributed by atoms with E-state index in [1.165, 1.54) is 0 Å². The Morgan fingerprint density at radius 1 is 1.31 bits per heavy atom. The van der Waals surface area contributed by atoms with E-state index in [4.69, 9.17) is 51.0 Å². The van der Waals surface area contributed by atoms with E-state index in [1.807, 2.05) is 0 Å². The molecule has 0 aromatic rings. The summed E-state index contributed by atoms with van der Waals surface area (Å²) in [5.41, 5.74) is 0. The van der Waals surface area contributed by atoms with E-state index in [1.54, 1.807) is 0 Å². The predicted molar refractivity (Wildman–Crippen MR) is 55.6 cm³/mol. The van der Waals surface area contributed by atoms with E-state index in [0.717, 1.165) is 0 Å². The molecule has 13 heavy (non-hydrogen) atoms. The van der Waals surface area contributed by atoms with Gasteiger partial charge in [0.1, 0.15) is 9.17 Å². The fourth-order valence-corrected chi connectivity index (χ4v) is 1.59. The first kappa shape index (κ1) is 14.1. The van der Waals surface area contributed by atoms with Crippen LogP contribution in [0.5, 0.6) is 0 Å². The van der Waals surface area contributed by atoms with Gasteiger partial charge in [-0.1, -0.05) is 23.2 Å². The maximum Gasteiger partial charge on any atom is 0.264 e. The molecule has 0 rings (SSSR count). The number of hydrogen-bond acceptors (Lipinski definition) is 2. The van der Waals surface area contributed by atoms with Gasteiger partial charge >= 0.3 is 0 Å². The summed E-state index contributed by atoms with van der Waals surface area (Å²) in [6.45, 7) is 0. The lowest BCUT2D eigenvalue weighted by Gasteiger charge is -2.19. The molecule has 0 radical (unpaired) electrons. The van der Waals surface area contributed by atoms with Crippen LogP contribution in [0.3, 0.4) is 0 Å². The van der Waals surface area contributed by atoms with E-state index in [2.05, 4.69) is 0 Å². The molecule has 0 aliphatic heterocycles. The Morgan fingerprint density at radius 3 is 2.08 bits per heavy atom. The first-order valence-corrected chi connectivity index (χ1v) is 6.50. The van der Waals surface area contributed by atoms with Crippen molar-refractivity contribution in [2.75, 3.05) is 5.75 Å². The Labute approximate surface area is 97.0 Å². The summed E-state index contributed by atoms with van der Waals surface area (Å²) >= 11 is 22.1. The minimum absolute atomic E-state index is 0.0908. The van der Waals surface area contributed by atoms with Crippen LogP contribution >= 0.6 is 46.4 Å². The monoisotopic (exact) mass is 288 g/mol. The minimum Gasteiger partial charge on any atom is -0.286 e. The van der Waals surface area contributed by atoms with Gasteiger partial charge in [-0.25, -0.2) is 0 Å². The van der Waals surface area contributed by atoms with Gasteiger partial charge in [0, 0.05) is 0 Å². The molecule has 0 amide bonds. The van der Waals surface area contributed by atoms with Crippen molar-refractivity contribution in [3.05, 3.63) is 0 Å². The third-order valence-corrected chi connectivity index (χ3v) is 4.04. The molecule has 0 saturated heterocycles. The van der Waals surface area contributed by atoms with Gasteiger partial charge in [0.25, 0.3) is 10.1 Å². The lowest BCUT2D eigenvalue weighted by Crippen LogP contribution is -2.22. The Hall–Kier alpha value is 1.07. The van der Waals surface area contributed by atoms with Crippen LogP contribution in [0.1, 0.15) is 12.8 Å². The van der Waals surface area contributed by atoms with Crippen molar-refractivity contribution in [3.8, 4) is 0 Å². The maximum absolute atomic E-state index is 10.3. The van der Waals surface area contributed by atoms with Gasteiger partial charge in [0.15, 0.2) is 0 Å². The van der Waals surface area contributed by atoms with E-state index in [-0.39, 0.29) is 12.8 Å². The molecular formula is C5H8Cl4O3S. The molecule has 0 aliphatic carbocycles. The zero-order valence-electron chi connectivity index (χ0n) is 6.38. The van der Waals surface area contributed by atoms with E-state index in [9.17, 15) is 8.42 Å². The van der Waals surface area contributed by atoms with E-state index >= 15 is 0 Å². The van der Waals surface area contributed by atoms with E-state index in [0.29, 0.717) is 0 Å². The highest BCUT2D eigenvalue weighted by Gasteiger charge is 2.31. The number of hydrogen-bond donors (Lipinski definition) is 1. The number of alkyl halides is 4. The zero-order valence-corrected chi connectivity index (χ0v) is 10.2. The van der Waals surface area contributed by atoms with Crippen LogP contribution in [0.2, 0.25) is 0 Å². The van der Waals surface area contributed by atoms with Gasteiger partial charge in [0.05, 0.1) is 5.75 Å². The molecule has 0 atom stereocenters. The third-order valence-electron chi connectivity index (χ3n) is 1.23. The average molecular weight is 290 g/mol. The lowest BCUT2D eigenvalue weighted by molar-refractivity contribution is 0.479. The van der Waals surface area contributed by atoms with Crippen LogP contribution in [0.25, 0.3) is 0 Å². The molecule has 0 aromatic heterocycles. The summed E-state index contributed by atoms with van der Waals surface area (Å²) in [7, 11) is -3.98. The Bertz CT molecular complexity index is 249. The molecule has 0 bridgehead atoms. The van der Waals surface area contributed by atoms with Gasteiger partial charge in [-0.2, -0.15) is 8.42 Å². The summed E-state index contributed by atoms with van der Waals surface area (Å²) in [5.74, 6) is -0.408. The van der Waals surface area contributed by atoms with Crippen molar-refractivity contribution >= 4 is 56.5 Å². The molecule has 0 fully saturated rings. The number of halogens is 4. The van der Waals surface area contributed by atoms with Gasteiger partial charge in [-0.15, -0.1) is 23.2 Å². The number of rotatable bonds is 5. The minimum atomic E-state index is -3.98. The highest BCUT2D eigenvalue weighted by Crippen LogP contribution is 2.36. The van der Waals surface area contributed by atoms with Crippen LogP contribution < -0.4 is 0 Å². The van der Waals surface area contributed by atoms with Crippen LogP contribution in [0.4, 0.5) is 0 Å². The summed E-state index contributed by atoms with van der Waals surface area (Å²) in [6, 6.07) is 0. The SMILES string of the molecule is O=S(=O)(O)CCCC(Cl)(Cl)C(Cl)Cl. The largest absolute Gasteiger partial charge is 0.286 e. The second-order valence-electron chi connectivity index (χ2n) is 2.45. The predicted octanol–water partition coefficient (Wildman–Crippen LogP) is 2.63. The van der Waals surface area contributed by atoms with Crippen LogP contribution in [-0.2, 0) is 10.1 Å². The lowest BCUT2D eigenvalue weighted by atomic mass is 10.2. The second kappa shape index (κ2) is 5.24. The van der Waals surface area contributed by atoms with Crippen LogP contribution in [0.15, 0.2) is 0 Å². The van der Waals surface area contributed by atoms with Crippen molar-refractivity contribution in [2.24, 2.45) is 0 Å². The summed E-state index contributed by atoms with van der Waals surface area (Å²) in [5, 5.41) is 0. The second-order valence-corrected chi connectivity index (χ2v) is 6.66. The fraction of sp³-hybridized carbons (Fsp3) is 1.00. The first-order valence-electron chi connectivity index (χ1n) is 3.26. The van der Waals surface area contributed by atoms with Gasteiger partial charge in [-0.05, 0) is 12.8 Å². The molecule has 0 unspecified atom stereocenters. The standard InChI is InChI=1S/C5H8Cl4O3S/c6-4(7)5(8,9)2-1-3-13(10,11)12/h4H,1-3H2,(H,10,11,12). The van der Waals surface area contributed by atoms with Gasteiger partial charge in [0.2, 0.25) is 0 Å². The van der Waals surface area contributed by atoms with Crippen molar-refractivity contribution in [1.29, 1.82) is 0 Å². The quantitative estimate of drug-likeness (QED) is 0.625. The summed E-state index contributed by atoms with van der Waals surface area (Å²) in [6.07, 6.45) is 0.190. The molecular weight excluding hydrogens is 282 g/mol. The fourth-order valence-electron chi connectivity index (χ4n) is 0.599. The third kappa shape index (κ3) is 7.05. The Balaban J connectivity index is 3.90. The van der Waals surface area contributed by atoms with E-state index < -0.39 is 25.0 Å². The molecule has 80 valence electrons. The smallest absolute Gasteiger partial charge is 0.264 e. The van der Waals surface area contributed by atoms with Crippen molar-refractivity contribution in [3.63, 3.8) is 0 Å². The normalized spacial score (nSPS) is 13.7. The molecule has 3 nitrogen and oxygen atoms in total. The summed E-state index contributed by atoms with van der Waals surface area (Å²) < 4.78 is 27.6. The van der Waals surface area contributed by atoms with Crippen LogP contribution in [0, 0.1) is 0 Å². The Kier molecular flexibility index (Phi) is 5.67. The molecule has 8 heteroatoms. The molecule has 1 N–H and O–H groups in total. The van der Waals surface area contributed by atoms with Gasteiger partial charge < -0.3 is 0 Å². The highest BCUT2D eigenvalue weighted by molar-refractivity contribution is 7.85. The molecule has 0 aromatic carbocycles. The first-order chi connectivity index (χ1) is 5.65. The highest BCUT2D eigenvalue weighted by atomic mass is 35.5. The van der Waals surface area contributed by atoms with Crippen molar-refractivity contribution in [1.82, 2.24) is 0 Å². The van der Waals surface area contributed by atoms with Gasteiger partial charge in [-0.3, -0.25) is 4.55 Å². The average Bonchev–Trinajstić information content (AvgIpc) is 1.82. The molecule has 0 aliphatic rings. The molecule has 0 spiro atoms. The Morgan fingerprint density at radius 2 is 1.77 bits per heavy atom. The summed E-state index contributed by atoms with van der Waals surface area (Å²) in [4.78, 5) is -1.00. The zero-order chi connectivity index (χ0) is 10.7. The van der Waals surface area contributed by atoms with Crippen molar-refractivity contribution < 1.29 is 13.0 Å². The molecule has 0 heterocycles. The maximum atomic E-state index is 10.3. The topological polar surface area (TPSA) is 54.4 Å². The molecule has 0 saturated carbocycles.